The Morgan fingerprint density at radius 1 is 1.21 bits per heavy atom. The summed E-state index contributed by atoms with van der Waals surface area (Å²) in [5, 5.41) is 3.23. The molecule has 0 spiro atoms. The molecule has 1 amide bonds. The van der Waals surface area contributed by atoms with Crippen LogP contribution in [0.25, 0.3) is 4.83 Å². The molecule has 0 radical (unpaired) electrons. The highest BCUT2D eigenvalue weighted by molar-refractivity contribution is 7.91. The summed E-state index contributed by atoms with van der Waals surface area (Å²) in [4.78, 5) is 22.2. The minimum Gasteiger partial charge on any atom is -0.341 e. The van der Waals surface area contributed by atoms with Gasteiger partial charge in [-0.2, -0.15) is 0 Å². The van der Waals surface area contributed by atoms with Crippen molar-refractivity contribution >= 4 is 31.9 Å². The Hall–Kier alpha value is -1.45. The number of sulfone groups is 1. The molecule has 0 saturated carbocycles. The van der Waals surface area contributed by atoms with E-state index in [-0.39, 0.29) is 29.5 Å². The average Bonchev–Trinajstić information content (AvgIpc) is 3.28. The zero-order chi connectivity index (χ0) is 20.9. The van der Waals surface area contributed by atoms with Crippen molar-refractivity contribution in [3.8, 4) is 0 Å². The summed E-state index contributed by atoms with van der Waals surface area (Å²) in [7, 11) is -2.94. The van der Waals surface area contributed by atoms with Crippen LogP contribution in [-0.4, -0.2) is 65.3 Å². The summed E-state index contributed by atoms with van der Waals surface area (Å²) in [5.41, 5.74) is 2.45. The Morgan fingerprint density at radius 2 is 1.90 bits per heavy atom. The van der Waals surface area contributed by atoms with Gasteiger partial charge < -0.3 is 10.2 Å². The van der Waals surface area contributed by atoms with Crippen LogP contribution in [0.4, 0.5) is 0 Å². The second kappa shape index (κ2) is 7.67. The van der Waals surface area contributed by atoms with Crippen LogP contribution in [0.1, 0.15) is 54.2 Å². The number of carbonyl (C=O) groups is 1. The number of imidazole rings is 1. The van der Waals surface area contributed by atoms with Crippen molar-refractivity contribution in [2.45, 2.75) is 65.0 Å². The van der Waals surface area contributed by atoms with Gasteiger partial charge in [-0.1, -0.05) is 0 Å². The lowest BCUT2D eigenvalue weighted by Gasteiger charge is -2.33. The molecule has 9 heteroatoms. The minimum absolute atomic E-state index is 0.0710. The quantitative estimate of drug-likeness (QED) is 0.791. The summed E-state index contributed by atoms with van der Waals surface area (Å²) in [5.74, 6) is 1.85. The van der Waals surface area contributed by atoms with Crippen LogP contribution in [0.2, 0.25) is 0 Å². The Balaban J connectivity index is 1.38. The molecule has 4 rings (SSSR count). The minimum atomic E-state index is -2.94. The van der Waals surface area contributed by atoms with E-state index in [1.165, 1.54) is 21.1 Å². The first kappa shape index (κ1) is 20.8. The first-order valence-electron chi connectivity index (χ1n) is 10.4. The molecule has 2 aliphatic heterocycles. The highest BCUT2D eigenvalue weighted by atomic mass is 32.2. The van der Waals surface area contributed by atoms with Crippen LogP contribution >= 0.6 is 11.3 Å². The third kappa shape index (κ3) is 3.96. The number of nitrogens with one attached hydrogen (secondary N) is 1. The maximum atomic E-state index is 12.9. The van der Waals surface area contributed by atoms with Crippen molar-refractivity contribution < 1.29 is 13.2 Å². The summed E-state index contributed by atoms with van der Waals surface area (Å²) < 4.78 is 25.5. The molecule has 1 N–H and O–H groups in total. The van der Waals surface area contributed by atoms with Gasteiger partial charge in [-0.05, 0) is 47.0 Å². The SMILES string of the molecule is Cc1sc2c(C3CCN(C(=O)C(C)NC4CCS(=O)(=O)C4)CC3)nc(C)n2c1C. The number of thiazole rings is 1. The Kier molecular flexibility index (Phi) is 5.50. The zero-order valence-electron chi connectivity index (χ0n) is 17.6. The molecular weight excluding hydrogens is 408 g/mol. The number of hydrogen-bond acceptors (Lipinski definition) is 6. The second-order valence-electron chi connectivity index (χ2n) is 8.52. The fraction of sp³-hybridized carbons (Fsp3) is 0.700. The van der Waals surface area contributed by atoms with Crippen LogP contribution in [-0.2, 0) is 14.6 Å². The molecule has 2 saturated heterocycles. The highest BCUT2D eigenvalue weighted by Crippen LogP contribution is 2.35. The van der Waals surface area contributed by atoms with E-state index >= 15 is 0 Å². The predicted octanol–water partition coefficient (Wildman–Crippen LogP) is 2.19. The summed E-state index contributed by atoms with van der Waals surface area (Å²) in [6, 6.07) is -0.461. The third-order valence-electron chi connectivity index (χ3n) is 6.40. The van der Waals surface area contributed by atoms with Crippen LogP contribution < -0.4 is 5.32 Å². The number of rotatable bonds is 4. The van der Waals surface area contributed by atoms with Gasteiger partial charge in [-0.15, -0.1) is 11.3 Å². The third-order valence-corrected chi connectivity index (χ3v) is 9.36. The van der Waals surface area contributed by atoms with Gasteiger partial charge in [0, 0.05) is 35.6 Å². The van der Waals surface area contributed by atoms with Crippen molar-refractivity contribution in [2.24, 2.45) is 0 Å². The Bertz CT molecular complexity index is 1030. The second-order valence-corrected chi connectivity index (χ2v) is 11.9. The molecule has 2 atom stereocenters. The highest BCUT2D eigenvalue weighted by Gasteiger charge is 2.33. The number of likely N-dealkylation sites (tertiary alicyclic amines) is 1. The van der Waals surface area contributed by atoms with E-state index in [2.05, 4.69) is 30.5 Å². The normalized spacial score (nSPS) is 23.7. The molecule has 2 aromatic heterocycles. The average molecular weight is 439 g/mol. The van der Waals surface area contributed by atoms with E-state index in [1.807, 2.05) is 23.2 Å². The number of piperidine rings is 1. The molecule has 0 aromatic carbocycles. The molecule has 4 heterocycles. The van der Waals surface area contributed by atoms with E-state index in [0.29, 0.717) is 12.3 Å². The number of aryl methyl sites for hydroxylation is 3. The smallest absolute Gasteiger partial charge is 0.239 e. The lowest BCUT2D eigenvalue weighted by atomic mass is 9.93. The topological polar surface area (TPSA) is 83.8 Å². The van der Waals surface area contributed by atoms with Crippen molar-refractivity contribution in [1.82, 2.24) is 19.6 Å². The number of hydrogen-bond donors (Lipinski definition) is 1. The largest absolute Gasteiger partial charge is 0.341 e. The monoisotopic (exact) mass is 438 g/mol. The zero-order valence-corrected chi connectivity index (χ0v) is 19.2. The summed E-state index contributed by atoms with van der Waals surface area (Å²) >= 11 is 1.81. The van der Waals surface area contributed by atoms with Crippen LogP contribution in [0.3, 0.4) is 0 Å². The van der Waals surface area contributed by atoms with Crippen molar-refractivity contribution in [1.29, 1.82) is 0 Å². The van der Waals surface area contributed by atoms with Gasteiger partial charge in [0.1, 0.15) is 10.7 Å². The summed E-state index contributed by atoms with van der Waals surface area (Å²) in [6.07, 6.45) is 2.42. The van der Waals surface area contributed by atoms with Gasteiger partial charge in [0.05, 0.1) is 23.2 Å². The molecule has 0 aliphatic carbocycles. The van der Waals surface area contributed by atoms with Crippen molar-refractivity contribution in [2.75, 3.05) is 24.6 Å². The van der Waals surface area contributed by atoms with E-state index in [1.54, 1.807) is 0 Å². The predicted molar refractivity (Wildman–Crippen MR) is 115 cm³/mol. The standard InChI is InChI=1S/C20H30N4O3S2/c1-12(21-17-7-10-29(26,27)11-17)19(25)23-8-5-16(6-9-23)18-20-24(15(4)22-18)13(2)14(3)28-20/h12,16-17,21H,5-11H2,1-4H3. The van der Waals surface area contributed by atoms with Crippen LogP contribution in [0.15, 0.2) is 0 Å². The summed E-state index contributed by atoms with van der Waals surface area (Å²) in [6.45, 7) is 9.65. The maximum Gasteiger partial charge on any atom is 0.239 e. The van der Waals surface area contributed by atoms with Crippen molar-refractivity contribution in [3.05, 3.63) is 22.1 Å². The number of nitrogens with zero attached hydrogens (tertiary/aromatic N) is 3. The number of aromatic nitrogens is 2. The van der Waals surface area contributed by atoms with Crippen LogP contribution in [0.5, 0.6) is 0 Å². The molecular formula is C20H30N4O3S2. The van der Waals surface area contributed by atoms with Gasteiger partial charge in [0.25, 0.3) is 0 Å². The van der Waals surface area contributed by atoms with Gasteiger partial charge in [-0.25, -0.2) is 13.4 Å². The molecule has 7 nitrogen and oxygen atoms in total. The lowest BCUT2D eigenvalue weighted by Crippen LogP contribution is -2.50. The van der Waals surface area contributed by atoms with Crippen LogP contribution in [0, 0.1) is 20.8 Å². The van der Waals surface area contributed by atoms with Gasteiger partial charge in [0.15, 0.2) is 9.84 Å². The van der Waals surface area contributed by atoms with Crippen molar-refractivity contribution in [3.63, 3.8) is 0 Å². The van der Waals surface area contributed by atoms with E-state index in [0.717, 1.165) is 31.8 Å². The maximum absolute atomic E-state index is 12.9. The van der Waals surface area contributed by atoms with E-state index in [4.69, 9.17) is 4.98 Å². The number of carbonyl (C=O) groups excluding carboxylic acids is 1. The molecule has 29 heavy (non-hydrogen) atoms. The van der Waals surface area contributed by atoms with E-state index < -0.39 is 9.84 Å². The number of fused-ring (bicyclic) bond motifs is 1. The first-order chi connectivity index (χ1) is 13.7. The number of amides is 1. The fourth-order valence-corrected chi connectivity index (χ4v) is 7.56. The Labute approximate surface area is 176 Å². The molecule has 2 aliphatic rings. The van der Waals surface area contributed by atoms with Gasteiger partial charge in [-0.3, -0.25) is 9.20 Å². The molecule has 160 valence electrons. The molecule has 2 aromatic rings. The lowest BCUT2D eigenvalue weighted by molar-refractivity contribution is -0.134. The first-order valence-corrected chi connectivity index (χ1v) is 13.0. The van der Waals surface area contributed by atoms with Gasteiger partial charge in [0.2, 0.25) is 5.91 Å². The molecule has 2 unspecified atom stereocenters. The van der Waals surface area contributed by atoms with E-state index in [9.17, 15) is 13.2 Å². The molecule has 2 fully saturated rings. The van der Waals surface area contributed by atoms with Gasteiger partial charge >= 0.3 is 0 Å². The Morgan fingerprint density at radius 3 is 2.52 bits per heavy atom. The molecule has 0 bridgehead atoms. The fourth-order valence-electron chi connectivity index (χ4n) is 4.67.